The molecule has 1 unspecified atom stereocenters. The number of hydrogen-bond donors (Lipinski definition) is 3. The van der Waals surface area contributed by atoms with Crippen LogP contribution in [0.1, 0.15) is 19.8 Å². The number of carbonyl (C=O) groups excluding carboxylic acids is 1. The quantitative estimate of drug-likeness (QED) is 0.677. The molecule has 1 aromatic carbocycles. The lowest BCUT2D eigenvalue weighted by atomic mass is 10.2. The number of para-hydroxylation sites is 1. The van der Waals surface area contributed by atoms with E-state index in [2.05, 4.69) is 10.6 Å². The second-order valence-electron chi connectivity index (χ2n) is 4.09. The second-order valence-corrected chi connectivity index (χ2v) is 5.12. The number of aliphatic hydroxyl groups excluding tert-OH is 1. The molecule has 2 amide bonds. The van der Waals surface area contributed by atoms with Gasteiger partial charge in [0, 0.05) is 17.5 Å². The van der Waals surface area contributed by atoms with Crippen molar-refractivity contribution in [2.24, 2.45) is 0 Å². The van der Waals surface area contributed by atoms with Gasteiger partial charge in [0.15, 0.2) is 0 Å². The highest BCUT2D eigenvalue weighted by Gasteiger charge is 2.13. The highest BCUT2D eigenvalue weighted by atomic mass is 32.2. The average molecular weight is 304 g/mol. The fourth-order valence-electron chi connectivity index (χ4n) is 1.65. The molecule has 1 atom stereocenters. The van der Waals surface area contributed by atoms with Gasteiger partial charge >= 0.3 is 6.03 Å². The van der Waals surface area contributed by atoms with Gasteiger partial charge in [-0.3, -0.25) is 0 Å². The lowest BCUT2D eigenvalue weighted by Gasteiger charge is -2.17. The third-order valence-corrected chi connectivity index (χ3v) is 3.44. The Hall–Kier alpha value is -1.34. The number of thioether (sulfide) groups is 1. The van der Waals surface area contributed by atoms with Gasteiger partial charge in [-0.25, -0.2) is 4.79 Å². The Kier molecular flexibility index (Phi) is 7.32. The van der Waals surface area contributed by atoms with Crippen LogP contribution in [0.2, 0.25) is 0 Å². The Labute approximate surface area is 120 Å². The number of halogens is 2. The maximum Gasteiger partial charge on any atom is 0.319 e. The molecule has 1 aromatic rings. The number of urea groups is 1. The Morgan fingerprint density at radius 2 is 2.10 bits per heavy atom. The predicted octanol–water partition coefficient (Wildman–Crippen LogP) is 3.28. The van der Waals surface area contributed by atoms with Crippen LogP contribution >= 0.6 is 11.8 Å². The SMILES string of the molecule is CCC(CCO)NC(=O)Nc1ccccc1SC(F)F. The zero-order valence-electron chi connectivity index (χ0n) is 11.1. The number of anilines is 1. The van der Waals surface area contributed by atoms with Crippen LogP contribution in [0.3, 0.4) is 0 Å². The van der Waals surface area contributed by atoms with Crippen molar-refractivity contribution in [2.45, 2.75) is 36.5 Å². The van der Waals surface area contributed by atoms with E-state index < -0.39 is 11.8 Å². The van der Waals surface area contributed by atoms with Crippen LogP contribution in [0.4, 0.5) is 19.3 Å². The maximum atomic E-state index is 12.4. The molecular formula is C13H18F2N2O2S. The van der Waals surface area contributed by atoms with Crippen LogP contribution in [0, 0.1) is 0 Å². The molecular weight excluding hydrogens is 286 g/mol. The van der Waals surface area contributed by atoms with Crippen LogP contribution < -0.4 is 10.6 Å². The predicted molar refractivity (Wildman–Crippen MR) is 76.2 cm³/mol. The van der Waals surface area contributed by atoms with Gasteiger partial charge in [0.1, 0.15) is 0 Å². The molecule has 20 heavy (non-hydrogen) atoms. The Bertz CT molecular complexity index is 433. The number of alkyl halides is 2. The van der Waals surface area contributed by atoms with Gasteiger partial charge in [-0.15, -0.1) is 0 Å². The summed E-state index contributed by atoms with van der Waals surface area (Å²) in [7, 11) is 0. The molecule has 0 bridgehead atoms. The van der Waals surface area contributed by atoms with Crippen LogP contribution in [0.5, 0.6) is 0 Å². The van der Waals surface area contributed by atoms with Crippen molar-refractivity contribution in [2.75, 3.05) is 11.9 Å². The molecule has 7 heteroatoms. The number of rotatable bonds is 7. The summed E-state index contributed by atoms with van der Waals surface area (Å²) in [4.78, 5) is 12.1. The summed E-state index contributed by atoms with van der Waals surface area (Å²) in [6.07, 6.45) is 1.14. The summed E-state index contributed by atoms with van der Waals surface area (Å²) in [6, 6.07) is 5.78. The highest BCUT2D eigenvalue weighted by molar-refractivity contribution is 7.99. The van der Waals surface area contributed by atoms with Crippen molar-refractivity contribution in [1.29, 1.82) is 0 Å². The van der Waals surface area contributed by atoms with Gasteiger partial charge in [0.05, 0.1) is 5.69 Å². The second kappa shape index (κ2) is 8.76. The summed E-state index contributed by atoms with van der Waals surface area (Å²) >= 11 is 0.386. The van der Waals surface area contributed by atoms with E-state index in [1.807, 2.05) is 6.92 Å². The van der Waals surface area contributed by atoms with Gasteiger partial charge in [0.2, 0.25) is 0 Å². The number of hydrogen-bond acceptors (Lipinski definition) is 3. The Morgan fingerprint density at radius 1 is 1.40 bits per heavy atom. The molecule has 3 N–H and O–H groups in total. The normalized spacial score (nSPS) is 12.2. The van der Waals surface area contributed by atoms with Crippen LogP contribution in [0.25, 0.3) is 0 Å². The van der Waals surface area contributed by atoms with E-state index in [9.17, 15) is 13.6 Å². The van der Waals surface area contributed by atoms with E-state index >= 15 is 0 Å². The number of aliphatic hydroxyl groups is 1. The minimum absolute atomic E-state index is 0.0173. The van der Waals surface area contributed by atoms with Crippen LogP contribution in [-0.2, 0) is 0 Å². The van der Waals surface area contributed by atoms with Crippen molar-refractivity contribution in [3.63, 3.8) is 0 Å². The standard InChI is InChI=1S/C13H18F2N2O2S/c1-2-9(7-8-18)16-13(19)17-10-5-3-4-6-11(10)20-12(14)15/h3-6,9,12,18H,2,7-8H2,1H3,(H2,16,17,19). The van der Waals surface area contributed by atoms with Crippen LogP contribution in [0.15, 0.2) is 29.2 Å². The first-order valence-corrected chi connectivity index (χ1v) is 7.17. The zero-order chi connectivity index (χ0) is 15.0. The monoisotopic (exact) mass is 304 g/mol. The summed E-state index contributed by atoms with van der Waals surface area (Å²) in [6.45, 7) is 1.87. The Morgan fingerprint density at radius 3 is 2.70 bits per heavy atom. The minimum Gasteiger partial charge on any atom is -0.396 e. The lowest BCUT2D eigenvalue weighted by molar-refractivity contribution is 0.237. The van der Waals surface area contributed by atoms with E-state index in [0.717, 1.165) is 0 Å². The van der Waals surface area contributed by atoms with E-state index in [4.69, 9.17) is 5.11 Å². The smallest absolute Gasteiger partial charge is 0.319 e. The first-order valence-electron chi connectivity index (χ1n) is 6.29. The fraction of sp³-hybridized carbons (Fsp3) is 0.462. The van der Waals surface area contributed by atoms with E-state index in [1.165, 1.54) is 6.07 Å². The summed E-state index contributed by atoms with van der Waals surface area (Å²) in [5.41, 5.74) is 0.342. The zero-order valence-corrected chi connectivity index (χ0v) is 11.9. The minimum atomic E-state index is -2.54. The molecule has 1 rings (SSSR count). The number of carbonyl (C=O) groups is 1. The molecule has 0 fully saturated rings. The molecule has 0 spiro atoms. The van der Waals surface area contributed by atoms with Crippen molar-refractivity contribution in [3.8, 4) is 0 Å². The number of benzene rings is 1. The third kappa shape index (κ3) is 5.75. The van der Waals surface area contributed by atoms with Crippen molar-refractivity contribution < 1.29 is 18.7 Å². The number of nitrogens with one attached hydrogen (secondary N) is 2. The third-order valence-electron chi connectivity index (χ3n) is 2.66. The summed E-state index contributed by atoms with van der Waals surface area (Å²) in [5.74, 6) is -2.54. The molecule has 0 heterocycles. The molecule has 0 aliphatic heterocycles. The number of amides is 2. The van der Waals surface area contributed by atoms with Crippen molar-refractivity contribution in [1.82, 2.24) is 5.32 Å². The molecule has 0 aromatic heterocycles. The van der Waals surface area contributed by atoms with Crippen molar-refractivity contribution >= 4 is 23.5 Å². The molecule has 112 valence electrons. The van der Waals surface area contributed by atoms with Gasteiger partial charge in [-0.2, -0.15) is 8.78 Å². The molecule has 4 nitrogen and oxygen atoms in total. The summed E-state index contributed by atoms with van der Waals surface area (Å²) < 4.78 is 24.8. The maximum absolute atomic E-state index is 12.4. The first-order chi connectivity index (χ1) is 9.56. The fourth-order valence-corrected chi connectivity index (χ4v) is 2.24. The lowest BCUT2D eigenvalue weighted by Crippen LogP contribution is -2.38. The first kappa shape index (κ1) is 16.7. The topological polar surface area (TPSA) is 61.4 Å². The highest BCUT2D eigenvalue weighted by Crippen LogP contribution is 2.31. The van der Waals surface area contributed by atoms with Crippen LogP contribution in [-0.4, -0.2) is 29.5 Å². The Balaban J connectivity index is 2.65. The molecule has 0 saturated heterocycles. The van der Waals surface area contributed by atoms with Gasteiger partial charge in [-0.05, 0) is 25.0 Å². The summed E-state index contributed by atoms with van der Waals surface area (Å²) in [5, 5.41) is 14.1. The average Bonchev–Trinajstić information content (AvgIpc) is 2.40. The molecule has 0 radical (unpaired) electrons. The van der Waals surface area contributed by atoms with E-state index in [-0.39, 0.29) is 12.6 Å². The molecule has 0 aliphatic rings. The van der Waals surface area contributed by atoms with Crippen molar-refractivity contribution in [3.05, 3.63) is 24.3 Å². The molecule has 0 aliphatic carbocycles. The molecule has 0 saturated carbocycles. The van der Waals surface area contributed by atoms with Gasteiger partial charge in [-0.1, -0.05) is 30.8 Å². The van der Waals surface area contributed by atoms with E-state index in [0.29, 0.717) is 35.2 Å². The largest absolute Gasteiger partial charge is 0.396 e. The van der Waals surface area contributed by atoms with Gasteiger partial charge < -0.3 is 15.7 Å². The van der Waals surface area contributed by atoms with E-state index in [1.54, 1.807) is 18.2 Å². The van der Waals surface area contributed by atoms with Gasteiger partial charge in [0.25, 0.3) is 5.76 Å².